The fraction of sp³-hybridized carbons (Fsp3) is 0.467. The zero-order valence-electron chi connectivity index (χ0n) is 11.9. The molecule has 1 saturated carbocycles. The molecule has 0 heterocycles. The highest BCUT2D eigenvalue weighted by Gasteiger charge is 2.33. The largest absolute Gasteiger partial charge is 0.481 e. The Kier molecular flexibility index (Phi) is 5.60. The number of aliphatic carboxylic acids is 1. The van der Waals surface area contributed by atoms with Crippen LogP contribution >= 0.6 is 11.6 Å². The predicted octanol–water partition coefficient (Wildman–Crippen LogP) is 3.09. The number of urea groups is 1. The van der Waals surface area contributed by atoms with Gasteiger partial charge in [0.05, 0.1) is 11.1 Å². The van der Waals surface area contributed by atoms with E-state index in [-0.39, 0.29) is 23.5 Å². The fourth-order valence-corrected chi connectivity index (χ4v) is 2.43. The summed E-state index contributed by atoms with van der Waals surface area (Å²) in [6, 6.07) is 3.87. The third-order valence-corrected chi connectivity index (χ3v) is 3.83. The van der Waals surface area contributed by atoms with E-state index < -0.39 is 11.8 Å². The van der Waals surface area contributed by atoms with Crippen LogP contribution in [0.4, 0.5) is 9.18 Å². The summed E-state index contributed by atoms with van der Waals surface area (Å²) in [5, 5.41) is 14.0. The van der Waals surface area contributed by atoms with Crippen LogP contribution in [-0.2, 0) is 4.79 Å². The summed E-state index contributed by atoms with van der Waals surface area (Å²) in [5.74, 6) is -1.05. The molecule has 7 heteroatoms. The molecule has 120 valence electrons. The van der Waals surface area contributed by atoms with Gasteiger partial charge in [0, 0.05) is 13.0 Å². The van der Waals surface area contributed by atoms with Crippen LogP contribution in [0.1, 0.15) is 37.3 Å². The summed E-state index contributed by atoms with van der Waals surface area (Å²) in [7, 11) is 0. The third kappa shape index (κ3) is 4.87. The van der Waals surface area contributed by atoms with E-state index >= 15 is 0 Å². The van der Waals surface area contributed by atoms with Crippen LogP contribution in [0.15, 0.2) is 18.2 Å². The molecule has 0 bridgehead atoms. The quantitative estimate of drug-likeness (QED) is 0.673. The van der Waals surface area contributed by atoms with Gasteiger partial charge in [0.25, 0.3) is 0 Å². The topological polar surface area (TPSA) is 78.4 Å². The molecule has 0 radical (unpaired) electrons. The van der Waals surface area contributed by atoms with Crippen LogP contribution in [0.2, 0.25) is 5.02 Å². The Balaban J connectivity index is 1.90. The molecule has 2 amide bonds. The highest BCUT2D eigenvalue weighted by Crippen LogP contribution is 2.41. The second-order valence-corrected chi connectivity index (χ2v) is 5.79. The van der Waals surface area contributed by atoms with Crippen molar-refractivity contribution in [1.82, 2.24) is 10.6 Å². The molecule has 2 rings (SSSR count). The van der Waals surface area contributed by atoms with Crippen molar-refractivity contribution in [3.05, 3.63) is 34.6 Å². The van der Waals surface area contributed by atoms with Crippen LogP contribution in [0.3, 0.4) is 0 Å². The predicted molar refractivity (Wildman–Crippen MR) is 80.3 cm³/mol. The number of rotatable bonds is 7. The summed E-state index contributed by atoms with van der Waals surface area (Å²) in [6.45, 7) is 0.291. The molecule has 1 aromatic carbocycles. The molecule has 1 aliphatic carbocycles. The van der Waals surface area contributed by atoms with Crippen molar-refractivity contribution in [2.45, 2.75) is 31.7 Å². The van der Waals surface area contributed by atoms with Gasteiger partial charge in [-0.25, -0.2) is 9.18 Å². The summed E-state index contributed by atoms with van der Waals surface area (Å²) < 4.78 is 13.2. The van der Waals surface area contributed by atoms with Crippen molar-refractivity contribution in [1.29, 1.82) is 0 Å². The fourth-order valence-electron chi connectivity index (χ4n) is 2.24. The van der Waals surface area contributed by atoms with Crippen LogP contribution in [-0.4, -0.2) is 23.7 Å². The SMILES string of the molecule is O=C(O)CCCNC(=O)NC(c1ccc(F)c(Cl)c1)C1CC1. The summed E-state index contributed by atoms with van der Waals surface area (Å²) >= 11 is 5.79. The Morgan fingerprint density at radius 2 is 2.14 bits per heavy atom. The maximum absolute atomic E-state index is 13.2. The third-order valence-electron chi connectivity index (χ3n) is 3.54. The number of carboxylic acid groups (broad SMARTS) is 1. The first-order chi connectivity index (χ1) is 10.5. The number of benzene rings is 1. The Morgan fingerprint density at radius 3 is 2.73 bits per heavy atom. The summed E-state index contributed by atoms with van der Waals surface area (Å²) in [6.07, 6.45) is 2.39. The van der Waals surface area contributed by atoms with Crippen molar-refractivity contribution in [3.63, 3.8) is 0 Å². The molecule has 1 aliphatic rings. The van der Waals surface area contributed by atoms with E-state index in [0.717, 1.165) is 18.4 Å². The van der Waals surface area contributed by atoms with Gasteiger partial charge in [-0.05, 0) is 42.9 Å². The summed E-state index contributed by atoms with van der Waals surface area (Å²) in [5.41, 5.74) is 0.773. The Labute approximate surface area is 132 Å². The van der Waals surface area contributed by atoms with Gasteiger partial charge >= 0.3 is 12.0 Å². The Bertz CT molecular complexity index is 564. The lowest BCUT2D eigenvalue weighted by atomic mass is 10.0. The zero-order chi connectivity index (χ0) is 16.1. The molecule has 0 aliphatic heterocycles. The standard InChI is InChI=1S/C15H18ClFN2O3/c16-11-8-10(5-6-12(11)17)14(9-3-4-9)19-15(22)18-7-1-2-13(20)21/h5-6,8-9,14H,1-4,7H2,(H,20,21)(H2,18,19,22). The highest BCUT2D eigenvalue weighted by atomic mass is 35.5. The average Bonchev–Trinajstić information content (AvgIpc) is 3.28. The first kappa shape index (κ1) is 16.5. The molecular weight excluding hydrogens is 311 g/mol. The van der Waals surface area contributed by atoms with Gasteiger partial charge in [0.15, 0.2) is 0 Å². The number of carboxylic acids is 1. The highest BCUT2D eigenvalue weighted by molar-refractivity contribution is 6.30. The molecule has 3 N–H and O–H groups in total. The molecular formula is C15H18ClFN2O3. The molecule has 1 atom stereocenters. The number of halogens is 2. The second-order valence-electron chi connectivity index (χ2n) is 5.39. The summed E-state index contributed by atoms with van der Waals surface area (Å²) in [4.78, 5) is 22.3. The van der Waals surface area contributed by atoms with Crippen LogP contribution < -0.4 is 10.6 Å². The Hall–Kier alpha value is -1.82. The minimum Gasteiger partial charge on any atom is -0.481 e. The lowest BCUT2D eigenvalue weighted by Gasteiger charge is -2.19. The van der Waals surface area contributed by atoms with Gasteiger partial charge in [-0.3, -0.25) is 4.79 Å². The van der Waals surface area contributed by atoms with E-state index in [4.69, 9.17) is 16.7 Å². The van der Waals surface area contributed by atoms with Gasteiger partial charge in [0.1, 0.15) is 5.82 Å². The van der Waals surface area contributed by atoms with Crippen LogP contribution in [0, 0.1) is 11.7 Å². The van der Waals surface area contributed by atoms with Crippen molar-refractivity contribution >= 4 is 23.6 Å². The van der Waals surface area contributed by atoms with E-state index in [2.05, 4.69) is 10.6 Å². The molecule has 0 aromatic heterocycles. The smallest absolute Gasteiger partial charge is 0.315 e. The van der Waals surface area contributed by atoms with E-state index in [0.29, 0.717) is 18.9 Å². The monoisotopic (exact) mass is 328 g/mol. The number of hydrogen-bond donors (Lipinski definition) is 3. The van der Waals surface area contributed by atoms with E-state index in [9.17, 15) is 14.0 Å². The van der Waals surface area contributed by atoms with Crippen molar-refractivity contribution in [3.8, 4) is 0 Å². The van der Waals surface area contributed by atoms with Gasteiger partial charge in [-0.2, -0.15) is 0 Å². The number of carbonyl (C=O) groups is 2. The Morgan fingerprint density at radius 1 is 1.41 bits per heavy atom. The molecule has 1 aromatic rings. The number of hydrogen-bond acceptors (Lipinski definition) is 2. The minimum absolute atomic E-state index is 0.0138. The average molecular weight is 329 g/mol. The first-order valence-corrected chi connectivity index (χ1v) is 7.56. The van der Waals surface area contributed by atoms with E-state index in [1.807, 2.05) is 0 Å². The van der Waals surface area contributed by atoms with Crippen molar-refractivity contribution in [2.24, 2.45) is 5.92 Å². The van der Waals surface area contributed by atoms with Gasteiger partial charge in [-0.1, -0.05) is 17.7 Å². The number of nitrogens with one attached hydrogen (secondary N) is 2. The minimum atomic E-state index is -0.890. The maximum atomic E-state index is 13.2. The van der Waals surface area contributed by atoms with E-state index in [1.54, 1.807) is 6.07 Å². The van der Waals surface area contributed by atoms with Gasteiger partial charge in [-0.15, -0.1) is 0 Å². The van der Waals surface area contributed by atoms with Gasteiger partial charge in [0.2, 0.25) is 0 Å². The van der Waals surface area contributed by atoms with Crippen LogP contribution in [0.5, 0.6) is 0 Å². The lowest BCUT2D eigenvalue weighted by molar-refractivity contribution is -0.137. The first-order valence-electron chi connectivity index (χ1n) is 7.18. The molecule has 1 fully saturated rings. The number of carbonyl (C=O) groups excluding carboxylic acids is 1. The van der Waals surface area contributed by atoms with E-state index in [1.165, 1.54) is 12.1 Å². The zero-order valence-corrected chi connectivity index (χ0v) is 12.7. The van der Waals surface area contributed by atoms with Crippen molar-refractivity contribution < 1.29 is 19.1 Å². The normalized spacial score (nSPS) is 15.2. The van der Waals surface area contributed by atoms with Crippen LogP contribution in [0.25, 0.3) is 0 Å². The molecule has 1 unspecified atom stereocenters. The second kappa shape index (κ2) is 7.45. The molecule has 22 heavy (non-hydrogen) atoms. The molecule has 5 nitrogen and oxygen atoms in total. The van der Waals surface area contributed by atoms with Crippen molar-refractivity contribution in [2.75, 3.05) is 6.54 Å². The number of amides is 2. The molecule has 0 spiro atoms. The van der Waals surface area contributed by atoms with Gasteiger partial charge < -0.3 is 15.7 Å². The lowest BCUT2D eigenvalue weighted by Crippen LogP contribution is -2.39. The maximum Gasteiger partial charge on any atom is 0.315 e. The molecule has 0 saturated heterocycles.